The minimum absolute atomic E-state index is 0.0890. The standard InChI is InChI=1S/C26H26FN5O3/c27-21-13-20-18(15-32(26(20)35)22-1-2-24(33)29-25(22)34)12-19(21)17-4-7-30(8-5-17)14-16-3-9-31-10-6-28-23(31)11-16/h3,6,9-13,17,22H,1-2,4-5,7-8,14-15H2,(H,29,33,34). The average molecular weight is 476 g/mol. The van der Waals surface area contributed by atoms with E-state index in [2.05, 4.69) is 27.3 Å². The van der Waals surface area contributed by atoms with Crippen molar-refractivity contribution in [2.75, 3.05) is 13.1 Å². The van der Waals surface area contributed by atoms with Gasteiger partial charge >= 0.3 is 0 Å². The molecule has 3 aliphatic rings. The first-order chi connectivity index (χ1) is 17.0. The topological polar surface area (TPSA) is 87.0 Å². The molecule has 0 saturated carbocycles. The molecule has 2 saturated heterocycles. The molecule has 35 heavy (non-hydrogen) atoms. The molecule has 180 valence electrons. The van der Waals surface area contributed by atoms with Crippen molar-refractivity contribution in [2.45, 2.75) is 50.7 Å². The summed E-state index contributed by atoms with van der Waals surface area (Å²) in [7, 11) is 0. The fourth-order valence-corrected chi connectivity index (χ4v) is 5.63. The number of fused-ring (bicyclic) bond motifs is 2. The number of imide groups is 1. The second kappa shape index (κ2) is 8.57. The summed E-state index contributed by atoms with van der Waals surface area (Å²) in [5.74, 6) is -1.39. The molecule has 1 unspecified atom stereocenters. The summed E-state index contributed by atoms with van der Waals surface area (Å²) in [6.07, 6.45) is 7.90. The first kappa shape index (κ1) is 21.9. The van der Waals surface area contributed by atoms with Gasteiger partial charge in [-0.1, -0.05) is 6.07 Å². The van der Waals surface area contributed by atoms with Crippen LogP contribution in [0.3, 0.4) is 0 Å². The van der Waals surface area contributed by atoms with Crippen LogP contribution in [-0.2, 0) is 22.7 Å². The van der Waals surface area contributed by atoms with E-state index in [0.717, 1.165) is 43.7 Å². The third-order valence-electron chi connectivity index (χ3n) is 7.54. The molecule has 2 fully saturated rings. The van der Waals surface area contributed by atoms with E-state index in [1.807, 2.05) is 22.9 Å². The van der Waals surface area contributed by atoms with Crippen LogP contribution in [0.1, 0.15) is 58.6 Å². The van der Waals surface area contributed by atoms with Gasteiger partial charge in [0.2, 0.25) is 11.8 Å². The molecule has 0 bridgehead atoms. The summed E-state index contributed by atoms with van der Waals surface area (Å²) < 4.78 is 17.1. The van der Waals surface area contributed by atoms with Gasteiger partial charge in [0.1, 0.15) is 17.5 Å². The Morgan fingerprint density at radius 1 is 1.06 bits per heavy atom. The molecular weight excluding hydrogens is 449 g/mol. The van der Waals surface area contributed by atoms with Gasteiger partial charge in [-0.15, -0.1) is 0 Å². The molecule has 1 N–H and O–H groups in total. The Morgan fingerprint density at radius 3 is 2.69 bits per heavy atom. The monoisotopic (exact) mass is 475 g/mol. The van der Waals surface area contributed by atoms with Crippen LogP contribution in [0.25, 0.3) is 5.65 Å². The highest BCUT2D eigenvalue weighted by Crippen LogP contribution is 2.35. The Balaban J connectivity index is 1.13. The Hall–Kier alpha value is -3.59. The molecule has 1 aromatic carbocycles. The molecule has 5 heterocycles. The highest BCUT2D eigenvalue weighted by Gasteiger charge is 2.40. The summed E-state index contributed by atoms with van der Waals surface area (Å²) >= 11 is 0. The second-order valence-corrected chi connectivity index (χ2v) is 9.71. The molecule has 6 rings (SSSR count). The van der Waals surface area contributed by atoms with Crippen LogP contribution in [0.4, 0.5) is 4.39 Å². The fraction of sp³-hybridized carbons (Fsp3) is 0.385. The molecule has 2 aromatic heterocycles. The Labute approximate surface area is 201 Å². The fourth-order valence-electron chi connectivity index (χ4n) is 5.63. The van der Waals surface area contributed by atoms with Gasteiger partial charge in [-0.25, -0.2) is 9.37 Å². The lowest BCUT2D eigenvalue weighted by atomic mass is 9.87. The summed E-state index contributed by atoms with van der Waals surface area (Å²) in [6, 6.07) is 6.67. The second-order valence-electron chi connectivity index (χ2n) is 9.71. The maximum absolute atomic E-state index is 15.1. The van der Waals surface area contributed by atoms with Crippen molar-refractivity contribution in [3.05, 3.63) is 70.9 Å². The number of hydrogen-bond donors (Lipinski definition) is 1. The molecule has 0 radical (unpaired) electrons. The van der Waals surface area contributed by atoms with E-state index in [1.165, 1.54) is 16.5 Å². The number of hydrogen-bond acceptors (Lipinski definition) is 5. The Bertz CT molecular complexity index is 1340. The zero-order valence-corrected chi connectivity index (χ0v) is 19.2. The molecule has 3 aromatic rings. The molecule has 3 amide bonds. The molecular formula is C26H26FN5O3. The van der Waals surface area contributed by atoms with E-state index in [0.29, 0.717) is 17.5 Å². The zero-order valence-electron chi connectivity index (χ0n) is 19.2. The van der Waals surface area contributed by atoms with Gasteiger partial charge in [0, 0.05) is 43.7 Å². The molecule has 8 nitrogen and oxygen atoms in total. The molecule has 0 spiro atoms. The maximum atomic E-state index is 15.1. The number of nitrogens with zero attached hydrogens (tertiary/aromatic N) is 4. The van der Waals surface area contributed by atoms with E-state index in [9.17, 15) is 14.4 Å². The first-order valence-corrected chi connectivity index (χ1v) is 12.1. The quantitative estimate of drug-likeness (QED) is 0.587. The number of imidazole rings is 1. The third kappa shape index (κ3) is 3.99. The number of likely N-dealkylation sites (tertiary alicyclic amines) is 1. The van der Waals surface area contributed by atoms with Gasteiger partial charge in [-0.05, 0) is 73.2 Å². The van der Waals surface area contributed by atoms with Crippen molar-refractivity contribution in [2.24, 2.45) is 0 Å². The van der Waals surface area contributed by atoms with Gasteiger partial charge in [0.15, 0.2) is 0 Å². The summed E-state index contributed by atoms with van der Waals surface area (Å²) in [5, 5.41) is 2.30. The van der Waals surface area contributed by atoms with Crippen molar-refractivity contribution in [1.29, 1.82) is 0 Å². The zero-order chi connectivity index (χ0) is 24.1. The predicted octanol–water partition coefficient (Wildman–Crippen LogP) is 2.61. The lowest BCUT2D eigenvalue weighted by molar-refractivity contribution is -0.136. The van der Waals surface area contributed by atoms with Crippen LogP contribution < -0.4 is 5.32 Å². The number of pyridine rings is 1. The van der Waals surface area contributed by atoms with Crippen LogP contribution in [0, 0.1) is 5.82 Å². The number of aromatic nitrogens is 2. The number of halogens is 1. The summed E-state index contributed by atoms with van der Waals surface area (Å²) in [5.41, 5.74) is 3.87. The van der Waals surface area contributed by atoms with Crippen LogP contribution in [0.2, 0.25) is 0 Å². The SMILES string of the molecule is O=C1CCC(N2Cc3cc(C4CCN(Cc5ccn6ccnc6c5)CC4)c(F)cc3C2=O)C(=O)N1. The lowest BCUT2D eigenvalue weighted by Gasteiger charge is -2.32. The van der Waals surface area contributed by atoms with Crippen LogP contribution in [0.5, 0.6) is 0 Å². The van der Waals surface area contributed by atoms with Gasteiger partial charge in [-0.2, -0.15) is 0 Å². The van der Waals surface area contributed by atoms with Crippen LogP contribution in [0.15, 0.2) is 42.9 Å². The van der Waals surface area contributed by atoms with Gasteiger partial charge in [0.25, 0.3) is 5.91 Å². The predicted molar refractivity (Wildman–Crippen MR) is 125 cm³/mol. The van der Waals surface area contributed by atoms with Crippen molar-refractivity contribution in [3.63, 3.8) is 0 Å². The van der Waals surface area contributed by atoms with Crippen molar-refractivity contribution < 1.29 is 18.8 Å². The van der Waals surface area contributed by atoms with E-state index < -0.39 is 11.9 Å². The first-order valence-electron chi connectivity index (χ1n) is 12.1. The molecule has 1 atom stereocenters. The maximum Gasteiger partial charge on any atom is 0.255 e. The highest BCUT2D eigenvalue weighted by atomic mass is 19.1. The summed E-state index contributed by atoms with van der Waals surface area (Å²) in [4.78, 5) is 44.9. The summed E-state index contributed by atoms with van der Waals surface area (Å²) in [6.45, 7) is 2.82. The number of amides is 3. The number of nitrogens with one attached hydrogen (secondary N) is 1. The molecule has 9 heteroatoms. The highest BCUT2D eigenvalue weighted by molar-refractivity contribution is 6.05. The number of benzene rings is 1. The van der Waals surface area contributed by atoms with E-state index >= 15 is 4.39 Å². The van der Waals surface area contributed by atoms with E-state index in [1.54, 1.807) is 6.20 Å². The van der Waals surface area contributed by atoms with Crippen LogP contribution >= 0.6 is 0 Å². The molecule has 3 aliphatic heterocycles. The van der Waals surface area contributed by atoms with Gasteiger partial charge in [0.05, 0.1) is 0 Å². The average Bonchev–Trinajstić information content (AvgIpc) is 3.43. The van der Waals surface area contributed by atoms with E-state index in [4.69, 9.17) is 0 Å². The third-order valence-corrected chi connectivity index (χ3v) is 7.54. The number of carbonyl (C=O) groups is 3. The van der Waals surface area contributed by atoms with Crippen molar-refractivity contribution in [1.82, 2.24) is 24.5 Å². The lowest BCUT2D eigenvalue weighted by Crippen LogP contribution is -2.52. The van der Waals surface area contributed by atoms with E-state index in [-0.39, 0.29) is 36.5 Å². The van der Waals surface area contributed by atoms with Crippen molar-refractivity contribution >= 4 is 23.4 Å². The van der Waals surface area contributed by atoms with Crippen LogP contribution in [-0.4, -0.2) is 56.0 Å². The number of rotatable bonds is 4. The van der Waals surface area contributed by atoms with Gasteiger partial charge < -0.3 is 9.30 Å². The number of carbonyl (C=O) groups excluding carboxylic acids is 3. The number of piperidine rings is 2. The Morgan fingerprint density at radius 2 is 1.89 bits per heavy atom. The van der Waals surface area contributed by atoms with Crippen molar-refractivity contribution in [3.8, 4) is 0 Å². The normalized spacial score (nSPS) is 21.6. The minimum Gasteiger partial charge on any atom is -0.322 e. The Kier molecular flexibility index (Phi) is 5.36. The molecule has 0 aliphatic carbocycles. The smallest absolute Gasteiger partial charge is 0.255 e. The largest absolute Gasteiger partial charge is 0.322 e. The van der Waals surface area contributed by atoms with Gasteiger partial charge in [-0.3, -0.25) is 24.6 Å². The minimum atomic E-state index is -0.691.